The molecule has 0 unspecified atom stereocenters. The SMILES string of the molecule is CCc1c(C(=O)C(=O)O)c2ccccc2n1CCN1CCCCC1. The van der Waals surface area contributed by atoms with Gasteiger partial charge in [0.2, 0.25) is 0 Å². The molecule has 0 radical (unpaired) electrons. The van der Waals surface area contributed by atoms with Gasteiger partial charge in [-0.1, -0.05) is 31.5 Å². The Kier molecular flexibility index (Phi) is 5.00. The number of hydrogen-bond donors (Lipinski definition) is 1. The summed E-state index contributed by atoms with van der Waals surface area (Å²) in [5, 5.41) is 9.94. The predicted octanol–water partition coefficient (Wildman–Crippen LogP) is 2.96. The number of para-hydroxylation sites is 1. The quantitative estimate of drug-likeness (QED) is 0.654. The van der Waals surface area contributed by atoms with E-state index < -0.39 is 11.8 Å². The van der Waals surface area contributed by atoms with E-state index in [-0.39, 0.29) is 0 Å². The standard InChI is InChI=1S/C19H24N2O3/c1-2-15-17(18(22)19(23)24)14-8-4-5-9-16(14)21(15)13-12-20-10-6-3-7-11-20/h4-5,8-9H,2-3,6-7,10-13H2,1H3,(H,23,24). The third kappa shape index (κ3) is 3.08. The lowest BCUT2D eigenvalue weighted by atomic mass is 10.1. The van der Waals surface area contributed by atoms with Crippen molar-refractivity contribution in [3.8, 4) is 0 Å². The largest absolute Gasteiger partial charge is 0.475 e. The Morgan fingerprint density at radius 1 is 1.08 bits per heavy atom. The number of hydrogen-bond acceptors (Lipinski definition) is 3. The smallest absolute Gasteiger partial charge is 0.377 e. The molecule has 5 heteroatoms. The van der Waals surface area contributed by atoms with Crippen molar-refractivity contribution in [2.75, 3.05) is 19.6 Å². The molecule has 1 aromatic carbocycles. The number of fused-ring (bicyclic) bond motifs is 1. The number of benzene rings is 1. The summed E-state index contributed by atoms with van der Waals surface area (Å²) < 4.78 is 2.14. The van der Waals surface area contributed by atoms with Crippen LogP contribution in [0.3, 0.4) is 0 Å². The van der Waals surface area contributed by atoms with Crippen molar-refractivity contribution in [3.63, 3.8) is 0 Å². The number of Topliss-reactive ketones (excluding diaryl/α,β-unsaturated/α-hetero) is 1. The van der Waals surface area contributed by atoms with E-state index in [1.165, 1.54) is 19.3 Å². The topological polar surface area (TPSA) is 62.5 Å². The van der Waals surface area contributed by atoms with Gasteiger partial charge in [-0.25, -0.2) is 4.79 Å². The summed E-state index contributed by atoms with van der Waals surface area (Å²) in [5.41, 5.74) is 2.15. The Morgan fingerprint density at radius 3 is 2.46 bits per heavy atom. The van der Waals surface area contributed by atoms with Crippen molar-refractivity contribution < 1.29 is 14.7 Å². The fourth-order valence-electron chi connectivity index (χ4n) is 3.76. The molecular formula is C19H24N2O3. The predicted molar refractivity (Wildman–Crippen MR) is 93.6 cm³/mol. The molecule has 0 spiro atoms. The van der Waals surface area contributed by atoms with E-state index in [0.717, 1.165) is 42.8 Å². The van der Waals surface area contributed by atoms with Crippen molar-refractivity contribution in [1.82, 2.24) is 9.47 Å². The summed E-state index contributed by atoms with van der Waals surface area (Å²) in [6, 6.07) is 7.62. The number of carbonyl (C=O) groups excluding carboxylic acids is 1. The maximum atomic E-state index is 12.2. The molecule has 1 aliphatic heterocycles. The van der Waals surface area contributed by atoms with Gasteiger partial charge in [-0.05, 0) is 38.4 Å². The third-order valence-electron chi connectivity index (χ3n) is 4.92. The lowest BCUT2D eigenvalue weighted by Gasteiger charge is -2.27. The minimum atomic E-state index is -1.39. The number of aliphatic carboxylic acids is 1. The van der Waals surface area contributed by atoms with Crippen molar-refractivity contribution in [3.05, 3.63) is 35.5 Å². The number of carbonyl (C=O) groups is 2. The van der Waals surface area contributed by atoms with Crippen molar-refractivity contribution >= 4 is 22.7 Å². The van der Waals surface area contributed by atoms with Crippen LogP contribution in [-0.4, -0.2) is 46.0 Å². The molecule has 128 valence electrons. The number of rotatable bonds is 6. The first kappa shape index (κ1) is 16.7. The van der Waals surface area contributed by atoms with Gasteiger partial charge in [-0.15, -0.1) is 0 Å². The van der Waals surface area contributed by atoms with Crippen LogP contribution in [0, 0.1) is 0 Å². The van der Waals surface area contributed by atoms with Crippen molar-refractivity contribution in [2.24, 2.45) is 0 Å². The fourth-order valence-corrected chi connectivity index (χ4v) is 3.76. The minimum absolute atomic E-state index is 0.360. The number of nitrogens with zero attached hydrogens (tertiary/aromatic N) is 2. The highest BCUT2D eigenvalue weighted by atomic mass is 16.4. The van der Waals surface area contributed by atoms with Gasteiger partial charge in [0, 0.05) is 29.7 Å². The Labute approximate surface area is 141 Å². The van der Waals surface area contributed by atoms with E-state index in [1.54, 1.807) is 0 Å². The van der Waals surface area contributed by atoms with Crippen LogP contribution in [0.4, 0.5) is 0 Å². The summed E-state index contributed by atoms with van der Waals surface area (Å²) in [4.78, 5) is 25.9. The molecule has 1 aromatic heterocycles. The number of aromatic nitrogens is 1. The third-order valence-corrected chi connectivity index (χ3v) is 4.92. The average molecular weight is 328 g/mol. The molecule has 2 heterocycles. The lowest BCUT2D eigenvalue weighted by Crippen LogP contribution is -2.32. The highest BCUT2D eigenvalue weighted by molar-refractivity contribution is 6.42. The van der Waals surface area contributed by atoms with Gasteiger partial charge in [-0.3, -0.25) is 4.79 Å². The molecule has 0 bridgehead atoms. The number of carboxylic acids is 1. The lowest BCUT2D eigenvalue weighted by molar-refractivity contribution is -0.131. The van der Waals surface area contributed by atoms with Crippen LogP contribution < -0.4 is 0 Å². The number of likely N-dealkylation sites (tertiary alicyclic amines) is 1. The zero-order chi connectivity index (χ0) is 17.1. The minimum Gasteiger partial charge on any atom is -0.475 e. The van der Waals surface area contributed by atoms with Gasteiger partial charge in [0.1, 0.15) is 0 Å². The van der Waals surface area contributed by atoms with E-state index in [2.05, 4.69) is 9.47 Å². The number of piperidine rings is 1. The zero-order valence-corrected chi connectivity index (χ0v) is 14.1. The first-order valence-electron chi connectivity index (χ1n) is 8.73. The summed E-state index contributed by atoms with van der Waals surface area (Å²) in [6.07, 6.45) is 4.44. The number of ketones is 1. The maximum Gasteiger partial charge on any atom is 0.377 e. The summed E-state index contributed by atoms with van der Waals surface area (Å²) in [6.45, 7) is 5.95. The monoisotopic (exact) mass is 328 g/mol. The van der Waals surface area contributed by atoms with Gasteiger partial charge >= 0.3 is 5.97 Å². The second-order valence-corrected chi connectivity index (χ2v) is 6.38. The van der Waals surface area contributed by atoms with E-state index in [9.17, 15) is 14.7 Å². The van der Waals surface area contributed by atoms with E-state index >= 15 is 0 Å². The Bertz CT molecular complexity index is 757. The second-order valence-electron chi connectivity index (χ2n) is 6.38. The molecule has 1 N–H and O–H groups in total. The highest BCUT2D eigenvalue weighted by Gasteiger charge is 2.25. The van der Waals surface area contributed by atoms with Gasteiger partial charge in [0.15, 0.2) is 0 Å². The van der Waals surface area contributed by atoms with Crippen LogP contribution in [0.25, 0.3) is 10.9 Å². The zero-order valence-electron chi connectivity index (χ0n) is 14.1. The Hall–Kier alpha value is -2.14. The van der Waals surface area contributed by atoms with Crippen LogP contribution in [0.5, 0.6) is 0 Å². The van der Waals surface area contributed by atoms with Crippen LogP contribution in [-0.2, 0) is 17.8 Å². The van der Waals surface area contributed by atoms with E-state index in [4.69, 9.17) is 0 Å². The summed E-state index contributed by atoms with van der Waals surface area (Å²) in [5.74, 6) is -2.19. The van der Waals surface area contributed by atoms with E-state index in [0.29, 0.717) is 12.0 Å². The second kappa shape index (κ2) is 7.18. The average Bonchev–Trinajstić information content (AvgIpc) is 2.93. The molecule has 0 amide bonds. The van der Waals surface area contributed by atoms with Gasteiger partial charge in [0.25, 0.3) is 5.78 Å². The molecular weight excluding hydrogens is 304 g/mol. The van der Waals surface area contributed by atoms with Crippen LogP contribution >= 0.6 is 0 Å². The normalized spacial score (nSPS) is 15.7. The first-order valence-corrected chi connectivity index (χ1v) is 8.73. The number of carboxylic acid groups (broad SMARTS) is 1. The van der Waals surface area contributed by atoms with Gasteiger partial charge < -0.3 is 14.6 Å². The first-order chi connectivity index (χ1) is 11.6. The highest BCUT2D eigenvalue weighted by Crippen LogP contribution is 2.27. The molecule has 24 heavy (non-hydrogen) atoms. The summed E-state index contributed by atoms with van der Waals surface area (Å²) in [7, 11) is 0. The molecule has 0 saturated carbocycles. The van der Waals surface area contributed by atoms with Crippen LogP contribution in [0.2, 0.25) is 0 Å². The molecule has 1 saturated heterocycles. The maximum absolute atomic E-state index is 12.2. The molecule has 1 fully saturated rings. The molecule has 5 nitrogen and oxygen atoms in total. The molecule has 3 rings (SSSR count). The molecule has 2 aromatic rings. The molecule has 0 aliphatic carbocycles. The van der Waals surface area contributed by atoms with E-state index in [1.807, 2.05) is 31.2 Å². The fraction of sp³-hybridized carbons (Fsp3) is 0.474. The molecule has 0 atom stereocenters. The Balaban J connectivity index is 1.99. The van der Waals surface area contributed by atoms with Crippen LogP contribution in [0.1, 0.15) is 42.2 Å². The van der Waals surface area contributed by atoms with Crippen molar-refractivity contribution in [1.29, 1.82) is 0 Å². The summed E-state index contributed by atoms with van der Waals surface area (Å²) >= 11 is 0. The van der Waals surface area contributed by atoms with Gasteiger partial charge in [-0.2, -0.15) is 0 Å². The Morgan fingerprint density at radius 2 is 1.79 bits per heavy atom. The van der Waals surface area contributed by atoms with Crippen LogP contribution in [0.15, 0.2) is 24.3 Å². The van der Waals surface area contributed by atoms with Crippen molar-refractivity contribution in [2.45, 2.75) is 39.2 Å². The molecule has 1 aliphatic rings. The van der Waals surface area contributed by atoms with Gasteiger partial charge in [0.05, 0.1) is 5.56 Å².